The van der Waals surface area contributed by atoms with Crippen molar-refractivity contribution in [1.29, 1.82) is 0 Å². The van der Waals surface area contributed by atoms with E-state index >= 15 is 0 Å². The first-order chi connectivity index (χ1) is 10.6. The van der Waals surface area contributed by atoms with E-state index in [2.05, 4.69) is 5.32 Å². The van der Waals surface area contributed by atoms with Crippen LogP contribution in [0.3, 0.4) is 0 Å². The highest BCUT2D eigenvalue weighted by atomic mass is 35.5. The van der Waals surface area contributed by atoms with E-state index in [-0.39, 0.29) is 18.0 Å². The molecule has 0 aliphatic rings. The SMILES string of the molecule is O=C(NC[C@@H](O)CCc1ccccc1)c1c(Cl)cccc1Cl. The van der Waals surface area contributed by atoms with Crippen LogP contribution in [0.5, 0.6) is 0 Å². The average molecular weight is 338 g/mol. The summed E-state index contributed by atoms with van der Waals surface area (Å²) in [5.41, 5.74) is 1.39. The number of hydrogen-bond donors (Lipinski definition) is 2. The van der Waals surface area contributed by atoms with E-state index in [1.165, 1.54) is 0 Å². The lowest BCUT2D eigenvalue weighted by atomic mass is 10.1. The number of amides is 1. The molecule has 1 amide bonds. The Labute approximate surface area is 139 Å². The summed E-state index contributed by atoms with van der Waals surface area (Å²) in [4.78, 5) is 12.1. The van der Waals surface area contributed by atoms with Crippen LogP contribution < -0.4 is 5.32 Å². The minimum absolute atomic E-state index is 0.160. The first kappa shape index (κ1) is 16.8. The van der Waals surface area contributed by atoms with Crippen LogP contribution in [-0.2, 0) is 6.42 Å². The fourth-order valence-electron chi connectivity index (χ4n) is 2.09. The monoisotopic (exact) mass is 337 g/mol. The van der Waals surface area contributed by atoms with Gasteiger partial charge < -0.3 is 10.4 Å². The summed E-state index contributed by atoms with van der Waals surface area (Å²) in [5.74, 6) is -0.380. The Morgan fingerprint density at radius 1 is 1.05 bits per heavy atom. The van der Waals surface area contributed by atoms with Gasteiger partial charge in [0.05, 0.1) is 21.7 Å². The molecule has 5 heteroatoms. The second kappa shape index (κ2) is 8.18. The van der Waals surface area contributed by atoms with Crippen molar-refractivity contribution in [3.05, 3.63) is 69.7 Å². The van der Waals surface area contributed by atoms with Crippen LogP contribution in [0.4, 0.5) is 0 Å². The number of nitrogens with one attached hydrogen (secondary N) is 1. The molecule has 0 aliphatic carbocycles. The molecule has 0 fully saturated rings. The summed E-state index contributed by atoms with van der Waals surface area (Å²) >= 11 is 11.9. The summed E-state index contributed by atoms with van der Waals surface area (Å²) in [6, 6.07) is 14.8. The highest BCUT2D eigenvalue weighted by molar-refractivity contribution is 6.39. The first-order valence-corrected chi connectivity index (χ1v) is 7.77. The van der Waals surface area contributed by atoms with Crippen LogP contribution >= 0.6 is 23.2 Å². The Morgan fingerprint density at radius 2 is 1.68 bits per heavy atom. The maximum absolute atomic E-state index is 12.1. The lowest BCUT2D eigenvalue weighted by Gasteiger charge is -2.13. The van der Waals surface area contributed by atoms with Gasteiger partial charge >= 0.3 is 0 Å². The zero-order chi connectivity index (χ0) is 15.9. The van der Waals surface area contributed by atoms with Gasteiger partial charge in [0.1, 0.15) is 0 Å². The second-order valence-corrected chi connectivity index (χ2v) is 5.80. The average Bonchev–Trinajstić information content (AvgIpc) is 2.52. The molecular weight excluding hydrogens is 321 g/mol. The summed E-state index contributed by atoms with van der Waals surface area (Å²) < 4.78 is 0. The molecule has 0 heterocycles. The number of rotatable bonds is 6. The van der Waals surface area contributed by atoms with Gasteiger partial charge in [-0.2, -0.15) is 0 Å². The smallest absolute Gasteiger partial charge is 0.254 e. The van der Waals surface area contributed by atoms with Crippen LogP contribution in [0.2, 0.25) is 10.0 Å². The van der Waals surface area contributed by atoms with Crippen LogP contribution in [0.1, 0.15) is 22.3 Å². The molecule has 1 atom stereocenters. The number of carbonyl (C=O) groups is 1. The predicted molar refractivity (Wildman–Crippen MR) is 89.6 cm³/mol. The number of aliphatic hydroxyl groups is 1. The molecule has 22 heavy (non-hydrogen) atoms. The number of halogens is 2. The van der Waals surface area contributed by atoms with E-state index in [9.17, 15) is 9.90 Å². The van der Waals surface area contributed by atoms with Gasteiger partial charge in [0, 0.05) is 6.54 Å². The van der Waals surface area contributed by atoms with Crippen LogP contribution in [0, 0.1) is 0 Å². The molecule has 0 spiro atoms. The van der Waals surface area contributed by atoms with Gasteiger partial charge in [-0.15, -0.1) is 0 Å². The third-order valence-electron chi connectivity index (χ3n) is 3.30. The van der Waals surface area contributed by atoms with Crippen molar-refractivity contribution in [2.24, 2.45) is 0 Å². The van der Waals surface area contributed by atoms with Gasteiger partial charge in [0.15, 0.2) is 0 Å². The van der Waals surface area contributed by atoms with Gasteiger partial charge in [-0.25, -0.2) is 0 Å². The summed E-state index contributed by atoms with van der Waals surface area (Å²) in [6.07, 6.45) is 0.705. The standard InChI is InChI=1S/C17H17Cl2NO2/c18-14-7-4-8-15(19)16(14)17(22)20-11-13(21)10-9-12-5-2-1-3-6-12/h1-8,13,21H,9-11H2,(H,20,22)/t13-/m0/s1. The van der Waals surface area contributed by atoms with Gasteiger partial charge in [-0.3, -0.25) is 4.79 Å². The molecule has 2 aromatic carbocycles. The normalized spacial score (nSPS) is 12.0. The van der Waals surface area contributed by atoms with Crippen molar-refractivity contribution in [2.75, 3.05) is 6.54 Å². The number of benzene rings is 2. The molecule has 2 aromatic rings. The molecule has 0 radical (unpaired) electrons. The van der Waals surface area contributed by atoms with E-state index in [1.807, 2.05) is 30.3 Å². The van der Waals surface area contributed by atoms with Crippen molar-refractivity contribution in [1.82, 2.24) is 5.32 Å². The third-order valence-corrected chi connectivity index (χ3v) is 3.93. The van der Waals surface area contributed by atoms with Gasteiger partial charge in [0.25, 0.3) is 5.91 Å². The van der Waals surface area contributed by atoms with Crippen LogP contribution in [-0.4, -0.2) is 23.7 Å². The lowest BCUT2D eigenvalue weighted by molar-refractivity contribution is 0.0911. The van der Waals surface area contributed by atoms with E-state index < -0.39 is 6.10 Å². The van der Waals surface area contributed by atoms with Crippen LogP contribution in [0.15, 0.2) is 48.5 Å². The van der Waals surface area contributed by atoms with Gasteiger partial charge in [-0.05, 0) is 30.5 Å². The number of carbonyl (C=O) groups excluding carboxylic acids is 1. The Balaban J connectivity index is 1.83. The Morgan fingerprint density at radius 3 is 2.32 bits per heavy atom. The predicted octanol–water partition coefficient (Wildman–Crippen LogP) is 3.72. The molecule has 2 rings (SSSR count). The van der Waals surface area contributed by atoms with Crippen molar-refractivity contribution in [3.63, 3.8) is 0 Å². The lowest BCUT2D eigenvalue weighted by Crippen LogP contribution is -2.32. The van der Waals surface area contributed by atoms with Crippen molar-refractivity contribution in [2.45, 2.75) is 18.9 Å². The molecule has 0 saturated carbocycles. The fourth-order valence-corrected chi connectivity index (χ4v) is 2.66. The summed E-state index contributed by atoms with van der Waals surface area (Å²) in [6.45, 7) is 0.160. The number of aryl methyl sites for hydroxylation is 1. The molecular formula is C17H17Cl2NO2. The van der Waals surface area contributed by atoms with Crippen molar-refractivity contribution >= 4 is 29.1 Å². The topological polar surface area (TPSA) is 49.3 Å². The molecule has 0 aromatic heterocycles. The fraction of sp³-hybridized carbons (Fsp3) is 0.235. The Kier molecular flexibility index (Phi) is 6.25. The minimum atomic E-state index is -0.620. The van der Waals surface area contributed by atoms with Gasteiger partial charge in [-0.1, -0.05) is 59.6 Å². The zero-order valence-corrected chi connectivity index (χ0v) is 13.4. The highest BCUT2D eigenvalue weighted by Gasteiger charge is 2.15. The maximum atomic E-state index is 12.1. The summed E-state index contributed by atoms with van der Waals surface area (Å²) in [5, 5.41) is 13.2. The maximum Gasteiger partial charge on any atom is 0.254 e. The van der Waals surface area contributed by atoms with E-state index in [0.717, 1.165) is 12.0 Å². The van der Waals surface area contributed by atoms with E-state index in [1.54, 1.807) is 18.2 Å². The molecule has 0 saturated heterocycles. The van der Waals surface area contributed by atoms with Crippen LogP contribution in [0.25, 0.3) is 0 Å². The molecule has 0 aliphatic heterocycles. The molecule has 116 valence electrons. The Bertz CT molecular complexity index is 612. The molecule has 2 N–H and O–H groups in total. The highest BCUT2D eigenvalue weighted by Crippen LogP contribution is 2.23. The van der Waals surface area contributed by atoms with E-state index in [0.29, 0.717) is 16.5 Å². The second-order valence-electron chi connectivity index (χ2n) is 4.98. The number of hydrogen-bond acceptors (Lipinski definition) is 2. The minimum Gasteiger partial charge on any atom is -0.391 e. The zero-order valence-electron chi connectivity index (χ0n) is 11.9. The quantitative estimate of drug-likeness (QED) is 0.843. The molecule has 3 nitrogen and oxygen atoms in total. The largest absolute Gasteiger partial charge is 0.391 e. The molecule has 0 unspecified atom stereocenters. The summed E-state index contributed by atoms with van der Waals surface area (Å²) in [7, 11) is 0. The Hall–Kier alpha value is -1.55. The first-order valence-electron chi connectivity index (χ1n) is 7.02. The number of aliphatic hydroxyl groups excluding tert-OH is 1. The van der Waals surface area contributed by atoms with Gasteiger partial charge in [0.2, 0.25) is 0 Å². The van der Waals surface area contributed by atoms with E-state index in [4.69, 9.17) is 23.2 Å². The molecule has 0 bridgehead atoms. The van der Waals surface area contributed by atoms with Crippen molar-refractivity contribution < 1.29 is 9.90 Å². The van der Waals surface area contributed by atoms with Crippen molar-refractivity contribution in [3.8, 4) is 0 Å². The third kappa shape index (κ3) is 4.73.